The van der Waals surface area contributed by atoms with Gasteiger partial charge >= 0.3 is 0 Å². The van der Waals surface area contributed by atoms with Crippen LogP contribution in [0.3, 0.4) is 0 Å². The molecule has 0 fully saturated rings. The first-order valence-electron chi connectivity index (χ1n) is 11.2. The van der Waals surface area contributed by atoms with Crippen LogP contribution in [0.1, 0.15) is 15.9 Å². The van der Waals surface area contributed by atoms with Crippen LogP contribution in [0.4, 0.5) is 17.1 Å². The van der Waals surface area contributed by atoms with Crippen LogP contribution in [0.25, 0.3) is 10.8 Å². The number of phenols is 1. The summed E-state index contributed by atoms with van der Waals surface area (Å²) < 4.78 is 0. The number of rotatable bonds is 6. The Kier molecular flexibility index (Phi) is 6.22. The van der Waals surface area contributed by atoms with Gasteiger partial charge in [0.1, 0.15) is 5.75 Å². The Morgan fingerprint density at radius 3 is 1.80 bits per heavy atom. The zero-order valence-corrected chi connectivity index (χ0v) is 18.9. The van der Waals surface area contributed by atoms with Gasteiger partial charge in [-0.1, -0.05) is 72.8 Å². The Balaban J connectivity index is 1.33. The number of aromatic hydroxyl groups is 1. The molecule has 0 saturated carbocycles. The fraction of sp³-hybridized carbons (Fsp3) is 0. The fourth-order valence-corrected chi connectivity index (χ4v) is 3.95. The van der Waals surface area contributed by atoms with Crippen molar-refractivity contribution < 1.29 is 9.90 Å². The normalized spacial score (nSPS) is 11.0. The molecular formula is C30H23N3O2. The van der Waals surface area contributed by atoms with Crippen molar-refractivity contribution in [2.75, 3.05) is 4.90 Å². The monoisotopic (exact) mass is 457 g/mol. The average Bonchev–Trinajstić information content (AvgIpc) is 2.90. The number of anilines is 3. The molecule has 0 aliphatic heterocycles. The Morgan fingerprint density at radius 1 is 0.686 bits per heavy atom. The smallest absolute Gasteiger partial charge is 0.275 e. The Labute approximate surface area is 203 Å². The lowest BCUT2D eigenvalue weighted by Crippen LogP contribution is -2.17. The molecule has 0 bridgehead atoms. The Hall–Kier alpha value is -4.90. The van der Waals surface area contributed by atoms with Crippen LogP contribution in [-0.2, 0) is 0 Å². The molecule has 0 heterocycles. The van der Waals surface area contributed by atoms with E-state index in [2.05, 4.69) is 39.7 Å². The minimum absolute atomic E-state index is 0.0809. The van der Waals surface area contributed by atoms with Crippen LogP contribution < -0.4 is 10.3 Å². The number of carbonyl (C=O) groups is 1. The summed E-state index contributed by atoms with van der Waals surface area (Å²) in [5.74, 6) is -0.553. The molecule has 0 atom stereocenters. The van der Waals surface area contributed by atoms with Crippen molar-refractivity contribution in [1.82, 2.24) is 5.43 Å². The highest BCUT2D eigenvalue weighted by atomic mass is 16.3. The summed E-state index contributed by atoms with van der Waals surface area (Å²) in [5, 5.41) is 16.1. The SMILES string of the molecule is O=C(N/N=C\c1ccc(N(c2ccccc2)c2ccccc2)cc1)c1cc2ccccc2cc1O. The molecule has 0 radical (unpaired) electrons. The molecule has 5 aromatic carbocycles. The number of para-hydroxylation sites is 2. The van der Waals surface area contributed by atoms with Crippen molar-refractivity contribution in [2.24, 2.45) is 5.10 Å². The van der Waals surface area contributed by atoms with Gasteiger partial charge in [0.25, 0.3) is 5.91 Å². The summed E-state index contributed by atoms with van der Waals surface area (Å²) in [7, 11) is 0. The number of nitrogens with zero attached hydrogens (tertiary/aromatic N) is 2. The maximum Gasteiger partial charge on any atom is 0.275 e. The van der Waals surface area contributed by atoms with Crippen LogP contribution in [0.5, 0.6) is 5.75 Å². The molecular weight excluding hydrogens is 434 g/mol. The van der Waals surface area contributed by atoms with Crippen molar-refractivity contribution in [3.8, 4) is 5.75 Å². The van der Waals surface area contributed by atoms with Gasteiger partial charge in [0.15, 0.2) is 0 Å². The van der Waals surface area contributed by atoms with E-state index in [-0.39, 0.29) is 11.3 Å². The highest BCUT2D eigenvalue weighted by molar-refractivity contribution is 6.01. The first-order chi connectivity index (χ1) is 17.2. The molecule has 2 N–H and O–H groups in total. The molecule has 0 unspecified atom stereocenters. The predicted molar refractivity (Wildman–Crippen MR) is 142 cm³/mol. The molecule has 5 nitrogen and oxygen atoms in total. The van der Waals surface area contributed by atoms with E-state index in [1.54, 1.807) is 18.3 Å². The van der Waals surface area contributed by atoms with E-state index in [1.165, 1.54) is 0 Å². The molecule has 0 aliphatic rings. The minimum Gasteiger partial charge on any atom is -0.507 e. The van der Waals surface area contributed by atoms with Crippen LogP contribution in [0.2, 0.25) is 0 Å². The number of phenolic OH excluding ortho intramolecular Hbond substituents is 1. The molecule has 0 saturated heterocycles. The van der Waals surface area contributed by atoms with Gasteiger partial charge in [-0.25, -0.2) is 5.43 Å². The van der Waals surface area contributed by atoms with E-state index >= 15 is 0 Å². The largest absolute Gasteiger partial charge is 0.507 e. The summed E-state index contributed by atoms with van der Waals surface area (Å²) in [5.41, 5.74) is 6.63. The van der Waals surface area contributed by atoms with Gasteiger partial charge in [0.2, 0.25) is 0 Å². The number of carbonyl (C=O) groups excluding carboxylic acids is 1. The van der Waals surface area contributed by atoms with E-state index < -0.39 is 5.91 Å². The van der Waals surface area contributed by atoms with Crippen molar-refractivity contribution in [1.29, 1.82) is 0 Å². The summed E-state index contributed by atoms with van der Waals surface area (Å²) in [4.78, 5) is 14.7. The van der Waals surface area contributed by atoms with Gasteiger partial charge in [0.05, 0.1) is 11.8 Å². The number of hydrazone groups is 1. The number of fused-ring (bicyclic) bond motifs is 1. The third kappa shape index (κ3) is 4.89. The van der Waals surface area contributed by atoms with E-state index in [0.29, 0.717) is 0 Å². The predicted octanol–water partition coefficient (Wildman–Crippen LogP) is 6.78. The molecule has 0 aromatic heterocycles. The van der Waals surface area contributed by atoms with Crippen LogP contribution in [0.15, 0.2) is 126 Å². The molecule has 5 heteroatoms. The Bertz CT molecular complexity index is 1440. The fourth-order valence-electron chi connectivity index (χ4n) is 3.95. The second-order valence-electron chi connectivity index (χ2n) is 8.01. The highest BCUT2D eigenvalue weighted by Gasteiger charge is 2.13. The van der Waals surface area contributed by atoms with Crippen LogP contribution in [0, 0.1) is 0 Å². The van der Waals surface area contributed by atoms with Gasteiger partial charge < -0.3 is 10.0 Å². The molecule has 5 aromatic rings. The summed E-state index contributed by atoms with van der Waals surface area (Å²) >= 11 is 0. The van der Waals surface area contributed by atoms with Gasteiger partial charge in [0, 0.05) is 17.1 Å². The number of amides is 1. The average molecular weight is 458 g/mol. The third-order valence-electron chi connectivity index (χ3n) is 5.67. The molecule has 35 heavy (non-hydrogen) atoms. The summed E-state index contributed by atoms with van der Waals surface area (Å²) in [6.45, 7) is 0. The maximum atomic E-state index is 12.6. The van der Waals surface area contributed by atoms with Gasteiger partial charge in [-0.15, -0.1) is 0 Å². The number of nitrogens with one attached hydrogen (secondary N) is 1. The Morgan fingerprint density at radius 2 is 1.20 bits per heavy atom. The van der Waals surface area contributed by atoms with Gasteiger partial charge in [-0.3, -0.25) is 4.79 Å². The lowest BCUT2D eigenvalue weighted by molar-refractivity contribution is 0.0952. The highest BCUT2D eigenvalue weighted by Crippen LogP contribution is 2.34. The molecule has 5 rings (SSSR count). The molecule has 1 amide bonds. The van der Waals surface area contributed by atoms with E-state index in [9.17, 15) is 9.90 Å². The number of benzene rings is 5. The maximum absolute atomic E-state index is 12.6. The topological polar surface area (TPSA) is 64.9 Å². The first kappa shape index (κ1) is 21.9. The second kappa shape index (κ2) is 9.93. The minimum atomic E-state index is -0.472. The van der Waals surface area contributed by atoms with Gasteiger partial charge in [-0.2, -0.15) is 5.10 Å². The third-order valence-corrected chi connectivity index (χ3v) is 5.67. The van der Waals surface area contributed by atoms with E-state index in [0.717, 1.165) is 33.4 Å². The lowest BCUT2D eigenvalue weighted by atomic mass is 10.1. The van der Waals surface area contributed by atoms with Crippen LogP contribution >= 0.6 is 0 Å². The van der Waals surface area contributed by atoms with E-state index in [4.69, 9.17) is 0 Å². The first-order valence-corrected chi connectivity index (χ1v) is 11.2. The zero-order valence-electron chi connectivity index (χ0n) is 18.9. The molecule has 0 spiro atoms. The van der Waals surface area contributed by atoms with Crippen LogP contribution in [-0.4, -0.2) is 17.2 Å². The molecule has 0 aliphatic carbocycles. The van der Waals surface area contributed by atoms with Crippen molar-refractivity contribution in [3.63, 3.8) is 0 Å². The summed E-state index contributed by atoms with van der Waals surface area (Å²) in [6.07, 6.45) is 1.58. The van der Waals surface area contributed by atoms with Gasteiger partial charge in [-0.05, 0) is 64.9 Å². The second-order valence-corrected chi connectivity index (χ2v) is 8.01. The quantitative estimate of drug-likeness (QED) is 0.218. The van der Waals surface area contributed by atoms with Crippen molar-refractivity contribution >= 4 is 40.0 Å². The summed E-state index contributed by atoms with van der Waals surface area (Å²) in [6, 6.07) is 39.0. The number of hydrogen-bond acceptors (Lipinski definition) is 4. The zero-order chi connectivity index (χ0) is 24.0. The molecule has 170 valence electrons. The number of hydrogen-bond donors (Lipinski definition) is 2. The van der Waals surface area contributed by atoms with Crippen molar-refractivity contribution in [3.05, 3.63) is 132 Å². The van der Waals surface area contributed by atoms with E-state index in [1.807, 2.05) is 84.9 Å². The lowest BCUT2D eigenvalue weighted by Gasteiger charge is -2.25. The van der Waals surface area contributed by atoms with Crippen molar-refractivity contribution in [2.45, 2.75) is 0 Å². The standard InChI is InChI=1S/C30H23N3O2/c34-29-20-24-10-8-7-9-23(24)19-28(29)30(35)32-31-21-22-15-17-27(18-16-22)33(25-11-3-1-4-12-25)26-13-5-2-6-14-26/h1-21,34H,(H,32,35)/b31-21-.